The Hall–Kier alpha value is -4.64. The van der Waals surface area contributed by atoms with Crippen molar-refractivity contribution in [2.24, 2.45) is 0 Å². The van der Waals surface area contributed by atoms with Crippen LogP contribution < -0.4 is 35.5 Å². The van der Waals surface area contributed by atoms with Crippen LogP contribution in [-0.2, 0) is 0 Å². The Morgan fingerprint density at radius 3 is 1.43 bits per heavy atom. The normalized spacial score (nSPS) is 13.7. The summed E-state index contributed by atoms with van der Waals surface area (Å²) in [5.41, 5.74) is 6.30. The summed E-state index contributed by atoms with van der Waals surface area (Å²) >= 11 is 0. The highest BCUT2D eigenvalue weighted by molar-refractivity contribution is 6.98. The van der Waals surface area contributed by atoms with Gasteiger partial charge in [0.2, 0.25) is 0 Å². The molecule has 3 aliphatic rings. The molecule has 0 saturated carbocycles. The number of hydrogen-bond acceptors (Lipinski definition) is 4. The molecule has 0 amide bonds. The van der Waals surface area contributed by atoms with Gasteiger partial charge in [0.05, 0.1) is 17.1 Å². The molecule has 4 nitrogen and oxygen atoms in total. The summed E-state index contributed by atoms with van der Waals surface area (Å²) in [6, 6.07) is 37.0. The number of benzene rings is 5. The summed E-state index contributed by atoms with van der Waals surface area (Å²) in [6.45, 7) is 0.0632. The zero-order chi connectivity index (χ0) is 22.9. The molecule has 0 fully saturated rings. The quantitative estimate of drug-likeness (QED) is 0.287. The predicted octanol–water partition coefficient (Wildman–Crippen LogP) is 5.99. The highest BCUT2D eigenvalue weighted by Gasteiger charge is 2.40. The number of para-hydroxylation sites is 6. The second-order valence-electron chi connectivity index (χ2n) is 8.94. The molecule has 0 aliphatic carbocycles. The van der Waals surface area contributed by atoms with E-state index in [4.69, 9.17) is 14.2 Å². The Balaban J connectivity index is 1.39. The minimum absolute atomic E-state index is 0.0632. The second kappa shape index (κ2) is 6.94. The standard InChI is InChI=1S/C30H18BNO3/c1-5-13-24-20(9-1)31-21-10-2-6-14-25(21)34-29-18-19(17-28(33-24)30(29)31)32-22-11-3-7-15-26(22)35-27-16-8-4-12-23(27)32/h1-18H. The van der Waals surface area contributed by atoms with Crippen molar-refractivity contribution in [2.45, 2.75) is 0 Å². The fourth-order valence-electron chi connectivity index (χ4n) is 5.49. The molecule has 0 saturated heterocycles. The molecule has 0 aromatic heterocycles. The Kier molecular flexibility index (Phi) is 3.72. The summed E-state index contributed by atoms with van der Waals surface area (Å²) in [6.07, 6.45) is 0. The number of ether oxygens (including phenoxy) is 3. The fraction of sp³-hybridized carbons (Fsp3) is 0. The van der Waals surface area contributed by atoms with Crippen LogP contribution in [0.1, 0.15) is 0 Å². The number of nitrogens with zero attached hydrogens (tertiary/aromatic N) is 1. The van der Waals surface area contributed by atoms with Gasteiger partial charge in [0, 0.05) is 17.6 Å². The minimum atomic E-state index is 0.0632. The van der Waals surface area contributed by atoms with Gasteiger partial charge in [-0.15, -0.1) is 0 Å². The smallest absolute Gasteiger partial charge is 0.260 e. The molecule has 3 aliphatic heterocycles. The van der Waals surface area contributed by atoms with E-state index in [9.17, 15) is 0 Å². The van der Waals surface area contributed by atoms with Gasteiger partial charge in [0.1, 0.15) is 23.0 Å². The Bertz CT molecular complexity index is 1550. The highest BCUT2D eigenvalue weighted by Crippen LogP contribution is 2.51. The first-order valence-corrected chi connectivity index (χ1v) is 11.7. The van der Waals surface area contributed by atoms with Gasteiger partial charge in [-0.3, -0.25) is 0 Å². The maximum atomic E-state index is 6.51. The molecule has 164 valence electrons. The van der Waals surface area contributed by atoms with Crippen molar-refractivity contribution in [3.8, 4) is 34.5 Å². The van der Waals surface area contributed by atoms with Crippen LogP contribution in [0, 0.1) is 0 Å². The SMILES string of the molecule is c1ccc2c(c1)Oc1cc(N3c4ccccc4Oc4ccccc43)cc3c1B2c1ccccc1O3. The largest absolute Gasteiger partial charge is 0.458 e. The maximum absolute atomic E-state index is 6.51. The van der Waals surface area contributed by atoms with E-state index < -0.39 is 0 Å². The van der Waals surface area contributed by atoms with Crippen LogP contribution in [0.15, 0.2) is 109 Å². The van der Waals surface area contributed by atoms with Crippen LogP contribution in [0.25, 0.3) is 0 Å². The zero-order valence-corrected chi connectivity index (χ0v) is 18.6. The lowest BCUT2D eigenvalue weighted by Gasteiger charge is -2.36. The molecule has 8 rings (SSSR count). The first-order valence-electron chi connectivity index (χ1n) is 11.7. The predicted molar refractivity (Wildman–Crippen MR) is 139 cm³/mol. The number of rotatable bonds is 1. The first kappa shape index (κ1) is 18.8. The Morgan fingerprint density at radius 2 is 0.886 bits per heavy atom. The van der Waals surface area contributed by atoms with Gasteiger partial charge >= 0.3 is 0 Å². The van der Waals surface area contributed by atoms with Crippen LogP contribution in [0.2, 0.25) is 0 Å². The fourth-order valence-corrected chi connectivity index (χ4v) is 5.49. The van der Waals surface area contributed by atoms with Gasteiger partial charge in [-0.25, -0.2) is 0 Å². The number of hydrogen-bond donors (Lipinski definition) is 0. The number of fused-ring (bicyclic) bond motifs is 6. The van der Waals surface area contributed by atoms with Crippen LogP contribution in [-0.4, -0.2) is 6.71 Å². The van der Waals surface area contributed by atoms with Crippen molar-refractivity contribution in [2.75, 3.05) is 4.90 Å². The summed E-state index contributed by atoms with van der Waals surface area (Å²) in [5, 5.41) is 0. The molecule has 0 radical (unpaired) electrons. The monoisotopic (exact) mass is 451 g/mol. The van der Waals surface area contributed by atoms with Crippen molar-refractivity contribution in [1.82, 2.24) is 0 Å². The molecular formula is C30H18BNO3. The van der Waals surface area contributed by atoms with Crippen molar-refractivity contribution < 1.29 is 14.2 Å². The third-order valence-corrected chi connectivity index (χ3v) is 6.97. The van der Waals surface area contributed by atoms with Gasteiger partial charge in [-0.2, -0.15) is 0 Å². The van der Waals surface area contributed by atoms with Gasteiger partial charge < -0.3 is 19.1 Å². The van der Waals surface area contributed by atoms with E-state index in [0.717, 1.165) is 67.9 Å². The molecule has 0 atom stereocenters. The van der Waals surface area contributed by atoms with Crippen molar-refractivity contribution in [3.63, 3.8) is 0 Å². The van der Waals surface area contributed by atoms with Crippen molar-refractivity contribution >= 4 is 40.2 Å². The highest BCUT2D eigenvalue weighted by atomic mass is 16.5. The molecule has 5 aromatic carbocycles. The summed E-state index contributed by atoms with van der Waals surface area (Å²) < 4.78 is 19.2. The Morgan fingerprint density at radius 1 is 0.457 bits per heavy atom. The lowest BCUT2D eigenvalue weighted by Crippen LogP contribution is -2.57. The molecule has 0 spiro atoms. The summed E-state index contributed by atoms with van der Waals surface area (Å²) in [5.74, 6) is 5.02. The van der Waals surface area contributed by atoms with E-state index >= 15 is 0 Å². The second-order valence-corrected chi connectivity index (χ2v) is 8.94. The van der Waals surface area contributed by atoms with Crippen LogP contribution >= 0.6 is 0 Å². The van der Waals surface area contributed by atoms with E-state index in [-0.39, 0.29) is 6.71 Å². The molecule has 3 heterocycles. The first-order chi connectivity index (χ1) is 17.3. The van der Waals surface area contributed by atoms with E-state index in [1.165, 1.54) is 0 Å². The van der Waals surface area contributed by atoms with E-state index in [1.54, 1.807) is 0 Å². The molecule has 0 N–H and O–H groups in total. The van der Waals surface area contributed by atoms with Gasteiger partial charge in [-0.1, -0.05) is 60.7 Å². The van der Waals surface area contributed by atoms with Crippen LogP contribution in [0.3, 0.4) is 0 Å². The van der Waals surface area contributed by atoms with Gasteiger partial charge in [0.15, 0.2) is 11.5 Å². The average Bonchev–Trinajstić information content (AvgIpc) is 2.91. The third kappa shape index (κ3) is 2.63. The number of anilines is 3. The van der Waals surface area contributed by atoms with Crippen molar-refractivity contribution in [3.05, 3.63) is 109 Å². The molecule has 35 heavy (non-hydrogen) atoms. The lowest BCUT2D eigenvalue weighted by molar-refractivity contribution is 0.463. The van der Waals surface area contributed by atoms with E-state index in [1.807, 2.05) is 60.7 Å². The molecule has 0 bridgehead atoms. The van der Waals surface area contributed by atoms with Crippen LogP contribution in [0.4, 0.5) is 17.1 Å². The zero-order valence-electron chi connectivity index (χ0n) is 18.6. The van der Waals surface area contributed by atoms with Gasteiger partial charge in [0.25, 0.3) is 6.71 Å². The minimum Gasteiger partial charge on any atom is -0.458 e. The van der Waals surface area contributed by atoms with E-state index in [0.29, 0.717) is 0 Å². The van der Waals surface area contributed by atoms with Crippen molar-refractivity contribution in [1.29, 1.82) is 0 Å². The third-order valence-electron chi connectivity index (χ3n) is 6.97. The molecule has 5 heteroatoms. The topological polar surface area (TPSA) is 30.9 Å². The summed E-state index contributed by atoms with van der Waals surface area (Å²) in [4.78, 5) is 2.22. The van der Waals surface area contributed by atoms with Crippen LogP contribution in [0.5, 0.6) is 34.5 Å². The molecule has 0 unspecified atom stereocenters. The summed E-state index contributed by atoms with van der Waals surface area (Å²) in [7, 11) is 0. The van der Waals surface area contributed by atoms with E-state index in [2.05, 4.69) is 53.4 Å². The lowest BCUT2D eigenvalue weighted by atomic mass is 9.35. The molecular weight excluding hydrogens is 433 g/mol. The Labute approximate surface area is 203 Å². The maximum Gasteiger partial charge on any atom is 0.260 e. The molecule has 5 aromatic rings. The average molecular weight is 451 g/mol. The van der Waals surface area contributed by atoms with Gasteiger partial charge in [-0.05, 0) is 47.3 Å².